The molecule has 0 bridgehead atoms. The Kier molecular flexibility index (Phi) is 8.90. The topological polar surface area (TPSA) is 165 Å². The van der Waals surface area contributed by atoms with E-state index in [1.165, 1.54) is 0 Å². The Morgan fingerprint density at radius 3 is 2.75 bits per heavy atom. The van der Waals surface area contributed by atoms with Gasteiger partial charge in [0.2, 0.25) is 11.8 Å². The Morgan fingerprint density at radius 1 is 1.27 bits per heavy atom. The van der Waals surface area contributed by atoms with Crippen molar-refractivity contribution < 1.29 is 14.4 Å². The van der Waals surface area contributed by atoms with Crippen LogP contribution in [0.3, 0.4) is 0 Å². The summed E-state index contributed by atoms with van der Waals surface area (Å²) in [5.41, 5.74) is 4.17. The van der Waals surface area contributed by atoms with Gasteiger partial charge < -0.3 is 31.0 Å². The number of carbonyl (C=O) groups is 1. The number of rotatable bonds is 9. The molecule has 12 heteroatoms. The summed E-state index contributed by atoms with van der Waals surface area (Å²) in [6.45, 7) is 9.39. The molecule has 5 N–H and O–H groups in total. The number of hydrogen-bond acceptors (Lipinski definition) is 11. The molecule has 3 heterocycles. The van der Waals surface area contributed by atoms with E-state index in [0.29, 0.717) is 55.0 Å². The van der Waals surface area contributed by atoms with Crippen LogP contribution in [0.2, 0.25) is 0 Å². The highest BCUT2D eigenvalue weighted by atomic mass is 16.5. The Balaban J connectivity index is 1.62. The molecule has 2 aromatic heterocycles. The maximum atomic E-state index is 13.1. The SMILES string of the molecule is CN/C=C(/Nc1nccc(-c2ccc3c(c2)CN(CCO)CCC3NC(=O)c2noc(C(C)(C)C)n2)n1)C(C)=N. The van der Waals surface area contributed by atoms with E-state index in [-0.39, 0.29) is 23.9 Å². The summed E-state index contributed by atoms with van der Waals surface area (Å²) in [5, 5.41) is 30.6. The fourth-order valence-electron chi connectivity index (χ4n) is 4.44. The van der Waals surface area contributed by atoms with Gasteiger partial charge in [-0.3, -0.25) is 9.69 Å². The predicted molar refractivity (Wildman–Crippen MR) is 152 cm³/mol. The highest BCUT2D eigenvalue weighted by Gasteiger charge is 2.28. The number of benzene rings is 1. The lowest BCUT2D eigenvalue weighted by atomic mass is 9.96. The van der Waals surface area contributed by atoms with Gasteiger partial charge in [-0.15, -0.1) is 0 Å². The number of nitrogens with zero attached hydrogens (tertiary/aromatic N) is 5. The van der Waals surface area contributed by atoms with Crippen molar-refractivity contribution in [1.29, 1.82) is 5.41 Å². The molecule has 3 aromatic rings. The van der Waals surface area contributed by atoms with Crippen LogP contribution >= 0.6 is 0 Å². The highest BCUT2D eigenvalue weighted by Crippen LogP contribution is 2.31. The van der Waals surface area contributed by atoms with E-state index >= 15 is 0 Å². The quantitative estimate of drug-likeness (QED) is 0.251. The van der Waals surface area contributed by atoms with Gasteiger partial charge >= 0.3 is 0 Å². The minimum Gasteiger partial charge on any atom is -0.395 e. The summed E-state index contributed by atoms with van der Waals surface area (Å²) in [7, 11) is 1.76. The van der Waals surface area contributed by atoms with Gasteiger partial charge in [0.1, 0.15) is 0 Å². The average Bonchev–Trinajstić information content (AvgIpc) is 3.36. The van der Waals surface area contributed by atoms with Gasteiger partial charge in [-0.1, -0.05) is 38.1 Å². The highest BCUT2D eigenvalue weighted by molar-refractivity contribution is 5.97. The summed E-state index contributed by atoms with van der Waals surface area (Å²) in [6.07, 6.45) is 4.01. The Bertz CT molecular complexity index is 1390. The molecule has 0 spiro atoms. The number of allylic oxidation sites excluding steroid dienone is 1. The van der Waals surface area contributed by atoms with Crippen molar-refractivity contribution in [3.05, 3.63) is 65.2 Å². The second-order valence-corrected chi connectivity index (χ2v) is 10.8. The monoisotopic (exact) mass is 547 g/mol. The van der Waals surface area contributed by atoms with Crippen molar-refractivity contribution in [2.24, 2.45) is 0 Å². The third-order valence-electron chi connectivity index (χ3n) is 6.53. The lowest BCUT2D eigenvalue weighted by Crippen LogP contribution is -2.31. The minimum absolute atomic E-state index is 0.00687. The first-order valence-electron chi connectivity index (χ1n) is 13.2. The molecule has 12 nitrogen and oxygen atoms in total. The number of amides is 1. The van der Waals surface area contributed by atoms with Crippen LogP contribution < -0.4 is 16.0 Å². The lowest BCUT2D eigenvalue weighted by molar-refractivity contribution is 0.0918. The first-order valence-corrected chi connectivity index (χ1v) is 13.2. The zero-order chi connectivity index (χ0) is 28.9. The molecule has 4 rings (SSSR count). The zero-order valence-electron chi connectivity index (χ0n) is 23.6. The molecule has 1 aliphatic heterocycles. The number of fused-ring (bicyclic) bond motifs is 1. The standard InChI is InChI=1S/C28H37N9O3/c1-17(29)23(15-30-5)34-27-31-10-8-21(33-27)18-6-7-20-19(14-18)16-37(12-13-38)11-9-22(20)32-25(39)24-35-26(40-36-24)28(2,3)4/h6-8,10,14-15,22,29-30,38H,9,11-13,16H2,1-5H3,(H,32,39)(H,31,33,34)/b23-15+,29-17?. The van der Waals surface area contributed by atoms with Gasteiger partial charge in [-0.05, 0) is 36.6 Å². The molecule has 1 amide bonds. The van der Waals surface area contributed by atoms with Crippen LogP contribution in [0.4, 0.5) is 5.95 Å². The summed E-state index contributed by atoms with van der Waals surface area (Å²) in [4.78, 5) is 28.5. The van der Waals surface area contributed by atoms with Gasteiger partial charge in [-0.2, -0.15) is 4.98 Å². The normalized spacial score (nSPS) is 16.1. The fourth-order valence-corrected chi connectivity index (χ4v) is 4.44. The molecule has 1 aromatic carbocycles. The molecule has 0 fully saturated rings. The van der Waals surface area contributed by atoms with Gasteiger partial charge in [0.05, 0.1) is 29.8 Å². The van der Waals surface area contributed by atoms with E-state index in [1.807, 2.05) is 39.0 Å². The minimum atomic E-state index is -0.395. The number of aliphatic hydroxyl groups excluding tert-OH is 1. The first kappa shape index (κ1) is 28.8. The van der Waals surface area contributed by atoms with Crippen LogP contribution in [0.1, 0.15) is 67.8 Å². The van der Waals surface area contributed by atoms with Crippen molar-refractivity contribution in [2.75, 3.05) is 32.1 Å². The third kappa shape index (κ3) is 6.88. The molecular formula is C28H37N9O3. The number of nitrogens with one attached hydrogen (secondary N) is 4. The van der Waals surface area contributed by atoms with Crippen LogP contribution in [0, 0.1) is 5.41 Å². The number of aliphatic hydroxyl groups is 1. The summed E-state index contributed by atoms with van der Waals surface area (Å²) in [6, 6.07) is 7.61. The van der Waals surface area contributed by atoms with Crippen molar-refractivity contribution in [3.63, 3.8) is 0 Å². The van der Waals surface area contributed by atoms with E-state index in [1.54, 1.807) is 26.4 Å². The van der Waals surface area contributed by atoms with Crippen LogP contribution in [0.15, 0.2) is 46.9 Å². The summed E-state index contributed by atoms with van der Waals surface area (Å²) in [5.74, 6) is 0.392. The number of hydrogen-bond donors (Lipinski definition) is 5. The smallest absolute Gasteiger partial charge is 0.293 e. The Morgan fingerprint density at radius 2 is 2.08 bits per heavy atom. The van der Waals surface area contributed by atoms with Crippen LogP contribution in [-0.2, 0) is 12.0 Å². The Hall–Kier alpha value is -4.16. The summed E-state index contributed by atoms with van der Waals surface area (Å²) < 4.78 is 5.31. The maximum Gasteiger partial charge on any atom is 0.293 e. The van der Waals surface area contributed by atoms with E-state index in [4.69, 9.17) is 9.93 Å². The van der Waals surface area contributed by atoms with E-state index in [9.17, 15) is 9.90 Å². The molecule has 0 aliphatic carbocycles. The van der Waals surface area contributed by atoms with Crippen LogP contribution in [0.5, 0.6) is 0 Å². The molecule has 1 atom stereocenters. The van der Waals surface area contributed by atoms with Crippen molar-refractivity contribution in [3.8, 4) is 11.3 Å². The van der Waals surface area contributed by atoms with E-state index in [2.05, 4.69) is 47.0 Å². The molecule has 1 aliphatic rings. The van der Waals surface area contributed by atoms with Gasteiger partial charge in [0, 0.05) is 50.1 Å². The van der Waals surface area contributed by atoms with Crippen LogP contribution in [0.25, 0.3) is 11.3 Å². The number of aromatic nitrogens is 4. The zero-order valence-corrected chi connectivity index (χ0v) is 23.6. The number of carbonyl (C=O) groups excluding carboxylic acids is 1. The molecule has 40 heavy (non-hydrogen) atoms. The van der Waals surface area contributed by atoms with Crippen LogP contribution in [-0.4, -0.2) is 68.5 Å². The Labute approximate surface area is 233 Å². The molecule has 0 saturated heterocycles. The lowest BCUT2D eigenvalue weighted by Gasteiger charge is -2.19. The van der Waals surface area contributed by atoms with E-state index in [0.717, 1.165) is 16.7 Å². The van der Waals surface area contributed by atoms with Crippen molar-refractivity contribution in [1.82, 2.24) is 35.6 Å². The second kappa shape index (κ2) is 12.3. The maximum absolute atomic E-state index is 13.1. The first-order chi connectivity index (χ1) is 19.1. The van der Waals surface area contributed by atoms with Gasteiger partial charge in [0.15, 0.2) is 0 Å². The molecule has 0 radical (unpaired) electrons. The molecule has 1 unspecified atom stereocenters. The fraction of sp³-hybridized carbons (Fsp3) is 0.429. The largest absolute Gasteiger partial charge is 0.395 e. The van der Waals surface area contributed by atoms with Gasteiger partial charge in [-0.25, -0.2) is 9.97 Å². The van der Waals surface area contributed by atoms with Crippen molar-refractivity contribution >= 4 is 17.6 Å². The third-order valence-corrected chi connectivity index (χ3v) is 6.53. The number of anilines is 1. The van der Waals surface area contributed by atoms with Gasteiger partial charge in [0.25, 0.3) is 11.7 Å². The van der Waals surface area contributed by atoms with Crippen molar-refractivity contribution in [2.45, 2.75) is 52.1 Å². The summed E-state index contributed by atoms with van der Waals surface area (Å²) >= 11 is 0. The number of β-amino-alcohol motifs (C(OH)–C–C–N with tert-alkyl or cyclic N) is 1. The second-order valence-electron chi connectivity index (χ2n) is 10.8. The average molecular weight is 548 g/mol. The molecule has 212 valence electrons. The molecule has 0 saturated carbocycles. The van der Waals surface area contributed by atoms with E-state index < -0.39 is 5.91 Å². The molecular weight excluding hydrogens is 510 g/mol. The predicted octanol–water partition coefficient (Wildman–Crippen LogP) is 3.01.